The Morgan fingerprint density at radius 3 is 3.05 bits per heavy atom. The Morgan fingerprint density at radius 2 is 2.36 bits per heavy atom. The first-order chi connectivity index (χ1) is 10.7. The van der Waals surface area contributed by atoms with Crippen LogP contribution in [0.1, 0.15) is 42.3 Å². The van der Waals surface area contributed by atoms with Gasteiger partial charge in [0.2, 0.25) is 11.1 Å². The lowest BCUT2D eigenvalue weighted by molar-refractivity contribution is -0.132. The lowest BCUT2D eigenvalue weighted by Crippen LogP contribution is -2.31. The molecule has 116 valence electrons. The normalized spacial score (nSPS) is 17.9. The van der Waals surface area contributed by atoms with Crippen molar-refractivity contribution in [3.05, 3.63) is 46.6 Å². The molecule has 0 aromatic carbocycles. The van der Waals surface area contributed by atoms with Gasteiger partial charge in [-0.15, -0.1) is 0 Å². The first-order valence-corrected chi connectivity index (χ1v) is 7.85. The van der Waals surface area contributed by atoms with Crippen molar-refractivity contribution in [2.24, 2.45) is 0 Å². The van der Waals surface area contributed by atoms with Gasteiger partial charge in [0.05, 0.1) is 17.4 Å². The molecule has 0 spiro atoms. The van der Waals surface area contributed by atoms with Gasteiger partial charge in [0.15, 0.2) is 0 Å². The number of carbonyl (C=O) groups excluding carboxylic acids is 1. The van der Waals surface area contributed by atoms with Crippen LogP contribution in [0.3, 0.4) is 0 Å². The summed E-state index contributed by atoms with van der Waals surface area (Å²) in [5, 5.41) is 4.10. The van der Waals surface area contributed by atoms with Crippen LogP contribution in [-0.2, 0) is 11.2 Å². The molecule has 6 heteroatoms. The van der Waals surface area contributed by atoms with Gasteiger partial charge in [-0.05, 0) is 49.9 Å². The molecule has 1 aliphatic rings. The van der Waals surface area contributed by atoms with Crippen LogP contribution in [0.5, 0.6) is 0 Å². The Bertz CT molecular complexity index is 637. The van der Waals surface area contributed by atoms with E-state index in [1.807, 2.05) is 30.0 Å². The number of hydrogen-bond donors (Lipinski definition) is 0. The van der Waals surface area contributed by atoms with Gasteiger partial charge in [0.1, 0.15) is 0 Å². The Labute approximate surface area is 134 Å². The summed E-state index contributed by atoms with van der Waals surface area (Å²) >= 11 is 5.95. The van der Waals surface area contributed by atoms with Gasteiger partial charge in [-0.3, -0.25) is 9.78 Å². The van der Waals surface area contributed by atoms with E-state index in [0.717, 1.165) is 36.3 Å². The highest BCUT2D eigenvalue weighted by molar-refractivity contribution is 6.29. The minimum atomic E-state index is 0.0905. The summed E-state index contributed by atoms with van der Waals surface area (Å²) in [6, 6.07) is 5.93. The van der Waals surface area contributed by atoms with E-state index < -0.39 is 0 Å². The van der Waals surface area contributed by atoms with Crippen LogP contribution in [0, 0.1) is 6.92 Å². The molecule has 1 amide bonds. The number of halogens is 1. The highest BCUT2D eigenvalue weighted by Gasteiger charge is 2.30. The standard InChI is InChI=1S/C16H18ClN3O2/c1-11-12(16(17)22-19-11)7-8-15(21)20-10-4-6-14(20)13-5-2-3-9-18-13/h2-3,5,9,14H,4,6-8,10H2,1H3. The molecule has 2 aromatic rings. The molecule has 1 saturated heterocycles. The second-order valence-corrected chi connectivity index (χ2v) is 5.86. The molecular weight excluding hydrogens is 302 g/mol. The summed E-state index contributed by atoms with van der Waals surface area (Å²) in [4.78, 5) is 18.9. The first-order valence-electron chi connectivity index (χ1n) is 7.48. The van der Waals surface area contributed by atoms with Crippen LogP contribution in [0.2, 0.25) is 5.22 Å². The number of likely N-dealkylation sites (tertiary alicyclic amines) is 1. The van der Waals surface area contributed by atoms with Crippen molar-refractivity contribution < 1.29 is 9.32 Å². The zero-order valence-corrected chi connectivity index (χ0v) is 13.2. The predicted molar refractivity (Wildman–Crippen MR) is 82.5 cm³/mol. The third kappa shape index (κ3) is 2.99. The molecule has 1 aliphatic heterocycles. The Balaban J connectivity index is 1.67. The molecule has 1 unspecified atom stereocenters. The summed E-state index contributed by atoms with van der Waals surface area (Å²) in [6.07, 6.45) is 4.72. The Morgan fingerprint density at radius 1 is 1.50 bits per heavy atom. The third-order valence-electron chi connectivity index (χ3n) is 4.13. The van der Waals surface area contributed by atoms with Crippen molar-refractivity contribution in [3.8, 4) is 0 Å². The molecule has 0 bridgehead atoms. The topological polar surface area (TPSA) is 59.2 Å². The maximum absolute atomic E-state index is 12.6. The molecule has 0 N–H and O–H groups in total. The lowest BCUT2D eigenvalue weighted by atomic mass is 10.1. The number of aryl methyl sites for hydroxylation is 1. The van der Waals surface area contributed by atoms with Crippen LogP contribution in [0.4, 0.5) is 0 Å². The minimum absolute atomic E-state index is 0.0905. The molecule has 3 heterocycles. The van der Waals surface area contributed by atoms with Gasteiger partial charge in [0.25, 0.3) is 0 Å². The SMILES string of the molecule is Cc1noc(Cl)c1CCC(=O)N1CCCC1c1ccccn1. The van der Waals surface area contributed by atoms with Gasteiger partial charge >= 0.3 is 0 Å². The smallest absolute Gasteiger partial charge is 0.229 e. The van der Waals surface area contributed by atoms with E-state index in [1.54, 1.807) is 6.20 Å². The molecule has 0 saturated carbocycles. The van der Waals surface area contributed by atoms with Gasteiger partial charge in [-0.2, -0.15) is 0 Å². The zero-order valence-electron chi connectivity index (χ0n) is 12.5. The molecule has 1 atom stereocenters. The molecule has 22 heavy (non-hydrogen) atoms. The highest BCUT2D eigenvalue weighted by Crippen LogP contribution is 2.31. The number of carbonyl (C=O) groups is 1. The van der Waals surface area contributed by atoms with Crippen molar-refractivity contribution in [1.29, 1.82) is 0 Å². The largest absolute Gasteiger partial charge is 0.344 e. The van der Waals surface area contributed by atoms with Crippen molar-refractivity contribution in [1.82, 2.24) is 15.0 Å². The van der Waals surface area contributed by atoms with Crippen LogP contribution in [0.15, 0.2) is 28.9 Å². The quantitative estimate of drug-likeness (QED) is 0.867. The fraction of sp³-hybridized carbons (Fsp3) is 0.438. The van der Waals surface area contributed by atoms with Crippen molar-refractivity contribution in [3.63, 3.8) is 0 Å². The van der Waals surface area contributed by atoms with E-state index in [0.29, 0.717) is 12.8 Å². The summed E-state index contributed by atoms with van der Waals surface area (Å²) in [6.45, 7) is 2.62. The minimum Gasteiger partial charge on any atom is -0.344 e. The zero-order chi connectivity index (χ0) is 15.5. The van der Waals surface area contributed by atoms with Crippen LogP contribution in [-0.4, -0.2) is 27.5 Å². The van der Waals surface area contributed by atoms with Gasteiger partial charge in [-0.25, -0.2) is 0 Å². The molecule has 5 nitrogen and oxygen atoms in total. The van der Waals surface area contributed by atoms with Crippen LogP contribution in [0.25, 0.3) is 0 Å². The summed E-state index contributed by atoms with van der Waals surface area (Å²) in [7, 11) is 0. The molecule has 3 rings (SSSR count). The van der Waals surface area contributed by atoms with E-state index in [4.69, 9.17) is 16.1 Å². The Hall–Kier alpha value is -1.88. The average molecular weight is 320 g/mol. The van der Waals surface area contributed by atoms with E-state index in [9.17, 15) is 4.79 Å². The fourth-order valence-electron chi connectivity index (χ4n) is 2.96. The lowest BCUT2D eigenvalue weighted by Gasteiger charge is -2.24. The number of nitrogens with zero attached hydrogens (tertiary/aromatic N) is 3. The summed E-state index contributed by atoms with van der Waals surface area (Å²) in [5.74, 6) is 0.129. The molecule has 1 fully saturated rings. The average Bonchev–Trinajstić information content (AvgIpc) is 3.14. The maximum Gasteiger partial charge on any atom is 0.229 e. The second-order valence-electron chi connectivity index (χ2n) is 5.52. The fourth-order valence-corrected chi connectivity index (χ4v) is 3.23. The van der Waals surface area contributed by atoms with Crippen molar-refractivity contribution in [2.45, 2.75) is 38.6 Å². The molecule has 0 radical (unpaired) electrons. The second kappa shape index (κ2) is 6.48. The molecule has 2 aromatic heterocycles. The van der Waals surface area contributed by atoms with Crippen molar-refractivity contribution in [2.75, 3.05) is 6.54 Å². The van der Waals surface area contributed by atoms with Gasteiger partial charge in [-0.1, -0.05) is 11.2 Å². The monoisotopic (exact) mass is 319 g/mol. The summed E-state index contributed by atoms with van der Waals surface area (Å²) < 4.78 is 4.92. The predicted octanol–water partition coefficient (Wildman–Crippen LogP) is 3.33. The third-order valence-corrected chi connectivity index (χ3v) is 4.43. The van der Waals surface area contributed by atoms with E-state index in [1.165, 1.54) is 0 Å². The molecule has 0 aliphatic carbocycles. The van der Waals surface area contributed by atoms with E-state index >= 15 is 0 Å². The number of aromatic nitrogens is 2. The van der Waals surface area contributed by atoms with Gasteiger partial charge < -0.3 is 9.42 Å². The van der Waals surface area contributed by atoms with Gasteiger partial charge in [0, 0.05) is 24.7 Å². The number of rotatable bonds is 4. The maximum atomic E-state index is 12.6. The van der Waals surface area contributed by atoms with E-state index in [-0.39, 0.29) is 17.2 Å². The van der Waals surface area contributed by atoms with Crippen LogP contribution >= 0.6 is 11.6 Å². The number of amides is 1. The molecular formula is C16H18ClN3O2. The number of pyridine rings is 1. The van der Waals surface area contributed by atoms with Crippen LogP contribution < -0.4 is 0 Å². The van der Waals surface area contributed by atoms with E-state index in [2.05, 4.69) is 10.1 Å². The highest BCUT2D eigenvalue weighted by atomic mass is 35.5. The van der Waals surface area contributed by atoms with Crippen molar-refractivity contribution >= 4 is 17.5 Å². The number of hydrogen-bond acceptors (Lipinski definition) is 4. The first kappa shape index (κ1) is 15.0. The summed E-state index contributed by atoms with van der Waals surface area (Å²) in [5.41, 5.74) is 2.54. The Kier molecular flexibility index (Phi) is 4.43.